The van der Waals surface area contributed by atoms with Gasteiger partial charge in [0.1, 0.15) is 18.0 Å². The van der Waals surface area contributed by atoms with Crippen LogP contribution in [0.1, 0.15) is 18.7 Å². The summed E-state index contributed by atoms with van der Waals surface area (Å²) in [5.41, 5.74) is 0.810. The first-order chi connectivity index (χ1) is 16.1. The van der Waals surface area contributed by atoms with Crippen molar-refractivity contribution in [1.29, 1.82) is 0 Å². The van der Waals surface area contributed by atoms with Crippen LogP contribution in [-0.4, -0.2) is 67.0 Å². The molecule has 0 spiro atoms. The lowest BCUT2D eigenvalue weighted by Gasteiger charge is -2.37. The Hall–Kier alpha value is -3.52. The standard InChI is InChI=1S/C25H27N3O5/c1-17(22-14-18-6-2-3-7-19(18)32-22)26-24(29)15-27-10-12-28(13-11-27)25(30)23-16-31-20-8-4-5-9-21(20)33-23/h2-9,14,17,23H,10-13,15-16H2,1H3,(H,26,29)/t17-,23-/m0/s1. The molecule has 172 valence electrons. The monoisotopic (exact) mass is 449 g/mol. The number of fused-ring (bicyclic) bond motifs is 2. The van der Waals surface area contributed by atoms with Crippen LogP contribution in [-0.2, 0) is 9.59 Å². The molecule has 2 aliphatic rings. The van der Waals surface area contributed by atoms with E-state index in [0.29, 0.717) is 37.7 Å². The first kappa shape index (κ1) is 21.3. The summed E-state index contributed by atoms with van der Waals surface area (Å²) in [6, 6.07) is 16.9. The van der Waals surface area contributed by atoms with Crippen LogP contribution in [0.5, 0.6) is 11.5 Å². The summed E-state index contributed by atoms with van der Waals surface area (Å²) < 4.78 is 17.4. The molecule has 0 radical (unpaired) electrons. The molecule has 2 aromatic carbocycles. The largest absolute Gasteiger partial charge is 0.485 e. The molecule has 0 saturated carbocycles. The average molecular weight is 450 g/mol. The second-order valence-corrected chi connectivity index (χ2v) is 8.44. The van der Waals surface area contributed by atoms with Gasteiger partial charge in [-0.25, -0.2) is 0 Å². The van der Waals surface area contributed by atoms with Crippen LogP contribution >= 0.6 is 0 Å². The number of carbonyl (C=O) groups excluding carboxylic acids is 2. The maximum Gasteiger partial charge on any atom is 0.267 e. The first-order valence-electron chi connectivity index (χ1n) is 11.2. The second kappa shape index (κ2) is 9.15. The van der Waals surface area contributed by atoms with Gasteiger partial charge in [0.25, 0.3) is 5.91 Å². The molecule has 8 heteroatoms. The van der Waals surface area contributed by atoms with E-state index in [9.17, 15) is 9.59 Å². The molecule has 2 atom stereocenters. The van der Waals surface area contributed by atoms with E-state index in [1.165, 1.54) is 0 Å². The van der Waals surface area contributed by atoms with Crippen LogP contribution in [0.2, 0.25) is 0 Å². The fraction of sp³-hybridized carbons (Fsp3) is 0.360. The zero-order valence-electron chi connectivity index (χ0n) is 18.5. The predicted octanol–water partition coefficient (Wildman–Crippen LogP) is 2.59. The van der Waals surface area contributed by atoms with Gasteiger partial charge in [0.05, 0.1) is 12.6 Å². The molecule has 0 aliphatic carbocycles. The maximum atomic E-state index is 12.9. The number of para-hydroxylation sites is 3. The Labute approximate surface area is 192 Å². The molecule has 8 nitrogen and oxygen atoms in total. The number of hydrogen-bond donors (Lipinski definition) is 1. The number of piperazine rings is 1. The van der Waals surface area contributed by atoms with Crippen LogP contribution in [0, 0.1) is 0 Å². The van der Waals surface area contributed by atoms with E-state index in [1.807, 2.05) is 55.5 Å². The summed E-state index contributed by atoms with van der Waals surface area (Å²) in [5, 5.41) is 4.03. The number of furan rings is 1. The molecule has 5 rings (SSSR count). The minimum absolute atomic E-state index is 0.0663. The van der Waals surface area contributed by atoms with Gasteiger partial charge in [0.2, 0.25) is 12.0 Å². The molecule has 3 heterocycles. The van der Waals surface area contributed by atoms with Crippen molar-refractivity contribution in [2.45, 2.75) is 19.1 Å². The lowest BCUT2D eigenvalue weighted by molar-refractivity contribution is -0.143. The number of benzene rings is 2. The van der Waals surface area contributed by atoms with E-state index in [1.54, 1.807) is 11.0 Å². The molecule has 2 amide bonds. The molecule has 0 bridgehead atoms. The van der Waals surface area contributed by atoms with Crippen LogP contribution in [0.4, 0.5) is 0 Å². The third kappa shape index (κ3) is 4.66. The minimum Gasteiger partial charge on any atom is -0.485 e. The van der Waals surface area contributed by atoms with Crippen LogP contribution in [0.15, 0.2) is 59.0 Å². The number of nitrogens with one attached hydrogen (secondary N) is 1. The average Bonchev–Trinajstić information content (AvgIpc) is 3.28. The van der Waals surface area contributed by atoms with Crippen molar-refractivity contribution in [3.63, 3.8) is 0 Å². The summed E-state index contributed by atoms with van der Waals surface area (Å²) in [6.45, 7) is 4.75. The van der Waals surface area contributed by atoms with E-state index in [-0.39, 0.29) is 31.0 Å². The summed E-state index contributed by atoms with van der Waals surface area (Å²) in [6.07, 6.45) is -0.639. The van der Waals surface area contributed by atoms with Crippen molar-refractivity contribution in [3.05, 3.63) is 60.4 Å². The minimum atomic E-state index is -0.639. The van der Waals surface area contributed by atoms with Crippen LogP contribution < -0.4 is 14.8 Å². The molecule has 3 aromatic rings. The fourth-order valence-corrected chi connectivity index (χ4v) is 4.25. The van der Waals surface area contributed by atoms with Crippen molar-refractivity contribution in [3.8, 4) is 11.5 Å². The Kier molecular flexibility index (Phi) is 5.92. The van der Waals surface area contributed by atoms with Crippen LogP contribution in [0.25, 0.3) is 11.0 Å². The number of rotatable bonds is 5. The summed E-state index contributed by atoms with van der Waals surface area (Å²) >= 11 is 0. The summed E-state index contributed by atoms with van der Waals surface area (Å²) in [5.74, 6) is 1.84. The number of hydrogen-bond acceptors (Lipinski definition) is 6. The summed E-state index contributed by atoms with van der Waals surface area (Å²) in [7, 11) is 0. The Balaban J connectivity index is 1.09. The topological polar surface area (TPSA) is 84.3 Å². The zero-order chi connectivity index (χ0) is 22.8. The number of amides is 2. The van der Waals surface area contributed by atoms with Crippen molar-refractivity contribution >= 4 is 22.8 Å². The van der Waals surface area contributed by atoms with Crippen molar-refractivity contribution < 1.29 is 23.5 Å². The highest BCUT2D eigenvalue weighted by molar-refractivity contribution is 5.82. The van der Waals surface area contributed by atoms with Crippen LogP contribution in [0.3, 0.4) is 0 Å². The molecule has 1 saturated heterocycles. The Morgan fingerprint density at radius 1 is 1.03 bits per heavy atom. The molecular formula is C25H27N3O5. The van der Waals surface area contributed by atoms with Crippen molar-refractivity contribution in [2.24, 2.45) is 0 Å². The maximum absolute atomic E-state index is 12.9. The molecule has 1 fully saturated rings. The third-order valence-corrected chi connectivity index (χ3v) is 6.08. The quantitative estimate of drug-likeness (QED) is 0.645. The summed E-state index contributed by atoms with van der Waals surface area (Å²) in [4.78, 5) is 29.3. The molecule has 1 aromatic heterocycles. The lowest BCUT2D eigenvalue weighted by atomic mass is 10.2. The Morgan fingerprint density at radius 2 is 1.76 bits per heavy atom. The highest BCUT2D eigenvalue weighted by Crippen LogP contribution is 2.31. The highest BCUT2D eigenvalue weighted by atomic mass is 16.6. The molecule has 1 N–H and O–H groups in total. The second-order valence-electron chi connectivity index (χ2n) is 8.44. The van der Waals surface area contributed by atoms with Crippen molar-refractivity contribution in [2.75, 3.05) is 39.3 Å². The van der Waals surface area contributed by atoms with E-state index < -0.39 is 6.10 Å². The van der Waals surface area contributed by atoms with Gasteiger partial charge in [0, 0.05) is 31.6 Å². The highest BCUT2D eigenvalue weighted by Gasteiger charge is 2.33. The molecule has 33 heavy (non-hydrogen) atoms. The lowest BCUT2D eigenvalue weighted by Crippen LogP contribution is -2.55. The van der Waals surface area contributed by atoms with Gasteiger partial charge in [-0.05, 0) is 31.2 Å². The van der Waals surface area contributed by atoms with E-state index in [2.05, 4.69) is 10.2 Å². The normalized spacial score (nSPS) is 19.3. The Morgan fingerprint density at radius 3 is 2.55 bits per heavy atom. The van der Waals surface area contributed by atoms with E-state index in [4.69, 9.17) is 13.9 Å². The molecular weight excluding hydrogens is 422 g/mol. The predicted molar refractivity (Wildman–Crippen MR) is 122 cm³/mol. The zero-order valence-corrected chi connectivity index (χ0v) is 18.5. The van der Waals surface area contributed by atoms with E-state index >= 15 is 0 Å². The van der Waals surface area contributed by atoms with Gasteiger partial charge in [-0.1, -0.05) is 30.3 Å². The van der Waals surface area contributed by atoms with Gasteiger partial charge < -0.3 is 24.1 Å². The molecule has 0 unspecified atom stereocenters. The van der Waals surface area contributed by atoms with Gasteiger partial charge in [0.15, 0.2) is 11.5 Å². The number of ether oxygens (including phenoxy) is 2. The Bertz CT molecular complexity index is 1120. The van der Waals surface area contributed by atoms with Crippen molar-refractivity contribution in [1.82, 2.24) is 15.1 Å². The SMILES string of the molecule is C[C@H](NC(=O)CN1CCN(C(=O)[C@@H]2COc3ccccc3O2)CC1)c1cc2ccccc2o1. The van der Waals surface area contributed by atoms with Gasteiger partial charge in [-0.3, -0.25) is 14.5 Å². The number of nitrogens with zero attached hydrogens (tertiary/aromatic N) is 2. The van der Waals surface area contributed by atoms with Gasteiger partial charge >= 0.3 is 0 Å². The number of carbonyl (C=O) groups is 2. The molecule has 2 aliphatic heterocycles. The van der Waals surface area contributed by atoms with Gasteiger partial charge in [-0.2, -0.15) is 0 Å². The van der Waals surface area contributed by atoms with E-state index in [0.717, 1.165) is 16.7 Å². The van der Waals surface area contributed by atoms with Gasteiger partial charge in [-0.15, -0.1) is 0 Å². The third-order valence-electron chi connectivity index (χ3n) is 6.08. The fourth-order valence-electron chi connectivity index (χ4n) is 4.25. The smallest absolute Gasteiger partial charge is 0.267 e. The first-order valence-corrected chi connectivity index (χ1v) is 11.2.